The maximum atomic E-state index is 11.1. The van der Waals surface area contributed by atoms with Crippen molar-refractivity contribution in [2.75, 3.05) is 39.3 Å². The van der Waals surface area contributed by atoms with E-state index in [1.54, 1.807) is 7.11 Å². The third-order valence-corrected chi connectivity index (χ3v) is 2.29. The maximum Gasteiger partial charge on any atom is 0.251 e. The summed E-state index contributed by atoms with van der Waals surface area (Å²) >= 11 is 0. The van der Waals surface area contributed by atoms with Gasteiger partial charge in [-0.3, -0.25) is 4.79 Å². The molecule has 0 radical (unpaired) electrons. The van der Waals surface area contributed by atoms with Gasteiger partial charge >= 0.3 is 0 Å². The smallest absolute Gasteiger partial charge is 0.251 e. The summed E-state index contributed by atoms with van der Waals surface area (Å²) in [5, 5.41) is 0. The van der Waals surface area contributed by atoms with Gasteiger partial charge < -0.3 is 25.7 Å². The molecule has 0 aliphatic carbocycles. The highest BCUT2D eigenvalue weighted by molar-refractivity contribution is 5.97. The fraction of sp³-hybridized carbons (Fsp3) is 0.500. The standard InChI is InChI=1S/C12H19N3O4/c1-17-3-2-4-18-5-6-19-11-7-9(12(14)16)10(13)8-15-11/h7-8H,2-6,13H2,1H3,(H2,14,16). The van der Waals surface area contributed by atoms with E-state index in [1.807, 2.05) is 0 Å². The van der Waals surface area contributed by atoms with E-state index in [0.29, 0.717) is 32.3 Å². The van der Waals surface area contributed by atoms with Crippen LogP contribution < -0.4 is 16.2 Å². The van der Waals surface area contributed by atoms with Crippen LogP contribution in [0, 0.1) is 0 Å². The lowest BCUT2D eigenvalue weighted by Crippen LogP contribution is -2.15. The number of carbonyl (C=O) groups excluding carboxylic acids is 1. The van der Waals surface area contributed by atoms with Crippen molar-refractivity contribution >= 4 is 11.6 Å². The molecule has 0 atom stereocenters. The Kier molecular flexibility index (Phi) is 6.62. The molecule has 1 rings (SSSR count). The minimum atomic E-state index is -0.611. The van der Waals surface area contributed by atoms with Crippen LogP contribution in [0.4, 0.5) is 5.69 Å². The Hall–Kier alpha value is -1.86. The normalized spacial score (nSPS) is 10.4. The number of rotatable bonds is 9. The molecule has 4 N–H and O–H groups in total. The van der Waals surface area contributed by atoms with Crippen LogP contribution in [0.5, 0.6) is 5.88 Å². The highest BCUT2D eigenvalue weighted by Gasteiger charge is 2.08. The lowest BCUT2D eigenvalue weighted by molar-refractivity contribution is 0.0795. The topological polar surface area (TPSA) is 110 Å². The van der Waals surface area contributed by atoms with Crippen LogP contribution in [0.25, 0.3) is 0 Å². The number of pyridine rings is 1. The Balaban J connectivity index is 2.30. The van der Waals surface area contributed by atoms with Crippen LogP contribution >= 0.6 is 0 Å². The number of nitrogens with zero attached hydrogens (tertiary/aromatic N) is 1. The van der Waals surface area contributed by atoms with Crippen LogP contribution in [0.3, 0.4) is 0 Å². The van der Waals surface area contributed by atoms with Crippen molar-refractivity contribution in [2.24, 2.45) is 5.73 Å². The number of hydrogen-bond acceptors (Lipinski definition) is 6. The van der Waals surface area contributed by atoms with Crippen LogP contribution in [-0.2, 0) is 9.47 Å². The van der Waals surface area contributed by atoms with Gasteiger partial charge in [-0.15, -0.1) is 0 Å². The van der Waals surface area contributed by atoms with Crippen molar-refractivity contribution in [2.45, 2.75) is 6.42 Å². The molecule has 0 saturated heterocycles. The second kappa shape index (κ2) is 8.28. The summed E-state index contributed by atoms with van der Waals surface area (Å²) in [5.74, 6) is -0.316. The molecule has 0 aliphatic rings. The predicted molar refractivity (Wildman–Crippen MR) is 70.0 cm³/mol. The van der Waals surface area contributed by atoms with Gasteiger partial charge in [0.25, 0.3) is 5.91 Å². The van der Waals surface area contributed by atoms with Gasteiger partial charge in [0.15, 0.2) is 0 Å². The fourth-order valence-electron chi connectivity index (χ4n) is 1.35. The molecule has 0 aliphatic heterocycles. The second-order valence-corrected chi connectivity index (χ2v) is 3.78. The van der Waals surface area contributed by atoms with Crippen molar-refractivity contribution in [3.63, 3.8) is 0 Å². The summed E-state index contributed by atoms with van der Waals surface area (Å²) in [6.45, 7) is 2.05. The van der Waals surface area contributed by atoms with E-state index in [2.05, 4.69) is 4.98 Å². The lowest BCUT2D eigenvalue weighted by atomic mass is 10.2. The van der Waals surface area contributed by atoms with Gasteiger partial charge in [-0.25, -0.2) is 4.98 Å². The molecular formula is C12H19N3O4. The summed E-state index contributed by atoms with van der Waals surface area (Å²) < 4.78 is 15.5. The van der Waals surface area contributed by atoms with E-state index < -0.39 is 5.91 Å². The van der Waals surface area contributed by atoms with Crippen LogP contribution in [0.1, 0.15) is 16.8 Å². The maximum absolute atomic E-state index is 11.1. The van der Waals surface area contributed by atoms with Gasteiger partial charge in [0.2, 0.25) is 5.88 Å². The summed E-state index contributed by atoms with van der Waals surface area (Å²) in [5.41, 5.74) is 11.2. The fourth-order valence-corrected chi connectivity index (χ4v) is 1.35. The molecule has 0 unspecified atom stereocenters. The molecular weight excluding hydrogens is 250 g/mol. The number of hydrogen-bond donors (Lipinski definition) is 2. The zero-order valence-corrected chi connectivity index (χ0v) is 10.9. The van der Waals surface area contributed by atoms with E-state index in [4.69, 9.17) is 25.7 Å². The number of aromatic nitrogens is 1. The number of methoxy groups -OCH3 is 1. The van der Waals surface area contributed by atoms with Gasteiger partial charge in [-0.1, -0.05) is 0 Å². The first-order valence-electron chi connectivity index (χ1n) is 5.90. The number of nitrogens with two attached hydrogens (primary N) is 2. The number of nitrogen functional groups attached to an aromatic ring is 1. The molecule has 0 fully saturated rings. The molecule has 7 nitrogen and oxygen atoms in total. The van der Waals surface area contributed by atoms with Crippen molar-refractivity contribution in [3.8, 4) is 5.88 Å². The Morgan fingerprint density at radius 1 is 1.32 bits per heavy atom. The van der Waals surface area contributed by atoms with Crippen LogP contribution in [0.15, 0.2) is 12.3 Å². The summed E-state index contributed by atoms with van der Waals surface area (Å²) in [7, 11) is 1.65. The Labute approximate surface area is 111 Å². The van der Waals surface area contributed by atoms with Gasteiger partial charge in [0.1, 0.15) is 6.61 Å². The molecule has 1 heterocycles. The average molecular weight is 269 g/mol. The van der Waals surface area contributed by atoms with Gasteiger partial charge in [-0.2, -0.15) is 0 Å². The van der Waals surface area contributed by atoms with E-state index in [1.165, 1.54) is 12.3 Å². The molecule has 1 amide bonds. The van der Waals surface area contributed by atoms with Crippen LogP contribution in [-0.4, -0.2) is 44.4 Å². The molecule has 0 spiro atoms. The van der Waals surface area contributed by atoms with Crippen LogP contribution in [0.2, 0.25) is 0 Å². The second-order valence-electron chi connectivity index (χ2n) is 3.78. The first-order valence-corrected chi connectivity index (χ1v) is 5.90. The third-order valence-electron chi connectivity index (χ3n) is 2.29. The summed E-state index contributed by atoms with van der Waals surface area (Å²) in [6, 6.07) is 1.42. The molecule has 0 bridgehead atoms. The van der Waals surface area contributed by atoms with E-state index in [-0.39, 0.29) is 11.3 Å². The minimum absolute atomic E-state index is 0.200. The van der Waals surface area contributed by atoms with Crippen molar-refractivity contribution in [1.82, 2.24) is 4.98 Å². The molecule has 0 saturated carbocycles. The zero-order chi connectivity index (χ0) is 14.1. The highest BCUT2D eigenvalue weighted by atomic mass is 16.5. The van der Waals surface area contributed by atoms with E-state index >= 15 is 0 Å². The Bertz CT molecular complexity index is 412. The molecule has 1 aromatic rings. The first kappa shape index (κ1) is 15.2. The largest absolute Gasteiger partial charge is 0.475 e. The van der Waals surface area contributed by atoms with Gasteiger partial charge in [0, 0.05) is 26.4 Å². The summed E-state index contributed by atoms with van der Waals surface area (Å²) in [4.78, 5) is 15.0. The monoisotopic (exact) mass is 269 g/mol. The number of ether oxygens (including phenoxy) is 3. The average Bonchev–Trinajstić information content (AvgIpc) is 2.39. The molecule has 0 aromatic carbocycles. The Morgan fingerprint density at radius 3 is 2.79 bits per heavy atom. The van der Waals surface area contributed by atoms with E-state index in [0.717, 1.165) is 6.42 Å². The Morgan fingerprint density at radius 2 is 2.11 bits per heavy atom. The predicted octanol–water partition coefficient (Wildman–Crippen LogP) is 0.195. The van der Waals surface area contributed by atoms with Crippen molar-refractivity contribution < 1.29 is 19.0 Å². The van der Waals surface area contributed by atoms with Crippen molar-refractivity contribution in [3.05, 3.63) is 17.8 Å². The molecule has 19 heavy (non-hydrogen) atoms. The molecule has 106 valence electrons. The minimum Gasteiger partial charge on any atom is -0.475 e. The van der Waals surface area contributed by atoms with Crippen molar-refractivity contribution in [1.29, 1.82) is 0 Å². The highest BCUT2D eigenvalue weighted by Crippen LogP contribution is 2.15. The first-order chi connectivity index (χ1) is 9.15. The lowest BCUT2D eigenvalue weighted by Gasteiger charge is -2.08. The summed E-state index contributed by atoms with van der Waals surface area (Å²) in [6.07, 6.45) is 2.18. The van der Waals surface area contributed by atoms with Gasteiger partial charge in [-0.05, 0) is 6.42 Å². The number of carbonyl (C=O) groups is 1. The van der Waals surface area contributed by atoms with Gasteiger partial charge in [0.05, 0.1) is 24.1 Å². The van der Waals surface area contributed by atoms with E-state index in [9.17, 15) is 4.79 Å². The molecule has 1 aromatic heterocycles. The molecule has 7 heteroatoms. The quantitative estimate of drug-likeness (QED) is 0.619. The SMILES string of the molecule is COCCCOCCOc1cc(C(N)=O)c(N)cn1. The number of anilines is 1. The zero-order valence-electron chi connectivity index (χ0n) is 10.9. The number of amides is 1. The third kappa shape index (κ3) is 5.54. The number of primary amides is 1.